The maximum absolute atomic E-state index is 12.2. The fourth-order valence-electron chi connectivity index (χ4n) is 2.01. The van der Waals surface area contributed by atoms with Crippen molar-refractivity contribution in [2.24, 2.45) is 5.73 Å². The summed E-state index contributed by atoms with van der Waals surface area (Å²) in [6, 6.07) is 5.43. The Kier molecular flexibility index (Phi) is 4.96. The molecular weight excluding hydrogens is 290 g/mol. The molecule has 2 rings (SSSR count). The normalized spacial score (nSPS) is 18.5. The number of hydrogen-bond acceptors (Lipinski definition) is 4. The summed E-state index contributed by atoms with van der Waals surface area (Å²) in [5.74, 6) is 5.23. The van der Waals surface area contributed by atoms with E-state index in [4.69, 9.17) is 5.73 Å². The van der Waals surface area contributed by atoms with E-state index < -0.39 is 16.1 Å². The lowest BCUT2D eigenvalue weighted by Gasteiger charge is -2.22. The predicted octanol–water partition coefficient (Wildman–Crippen LogP) is -0.446. The van der Waals surface area contributed by atoms with Gasteiger partial charge in [0, 0.05) is 12.1 Å². The largest absolute Gasteiger partial charge is 0.355 e. The molecule has 1 heterocycles. The Hall–Kier alpha value is -1.88. The van der Waals surface area contributed by atoms with E-state index in [1.807, 2.05) is 0 Å². The van der Waals surface area contributed by atoms with Gasteiger partial charge in [0.15, 0.2) is 0 Å². The van der Waals surface area contributed by atoms with Crippen LogP contribution < -0.4 is 15.8 Å². The minimum atomic E-state index is -3.71. The molecule has 112 valence electrons. The molecule has 1 aromatic rings. The number of hydrogen-bond donors (Lipinski definition) is 3. The smallest absolute Gasteiger partial charge is 0.241 e. The van der Waals surface area contributed by atoms with E-state index >= 15 is 0 Å². The molecule has 7 heteroatoms. The maximum atomic E-state index is 12.2. The number of nitrogens with two attached hydrogens (primary N) is 1. The van der Waals surface area contributed by atoms with Crippen LogP contribution in [0.2, 0.25) is 0 Å². The van der Waals surface area contributed by atoms with Crippen LogP contribution >= 0.6 is 0 Å². The third-order valence-electron chi connectivity index (χ3n) is 3.08. The van der Waals surface area contributed by atoms with Crippen LogP contribution in [0.15, 0.2) is 29.2 Å². The molecule has 4 N–H and O–H groups in total. The van der Waals surface area contributed by atoms with Crippen LogP contribution in [0, 0.1) is 11.8 Å². The van der Waals surface area contributed by atoms with Crippen molar-refractivity contribution < 1.29 is 13.2 Å². The van der Waals surface area contributed by atoms with E-state index in [0.29, 0.717) is 18.5 Å². The van der Waals surface area contributed by atoms with Gasteiger partial charge in [0.1, 0.15) is 6.04 Å². The van der Waals surface area contributed by atoms with Gasteiger partial charge in [0.25, 0.3) is 0 Å². The van der Waals surface area contributed by atoms with Gasteiger partial charge in [-0.3, -0.25) is 4.79 Å². The van der Waals surface area contributed by atoms with Crippen LogP contribution in [0.4, 0.5) is 0 Å². The fraction of sp³-hybridized carbons (Fsp3) is 0.357. The van der Waals surface area contributed by atoms with Crippen molar-refractivity contribution in [2.75, 3.05) is 13.1 Å². The molecule has 1 amide bonds. The molecule has 0 saturated carbocycles. The topological polar surface area (TPSA) is 101 Å². The van der Waals surface area contributed by atoms with Gasteiger partial charge >= 0.3 is 0 Å². The quantitative estimate of drug-likeness (QED) is 0.659. The van der Waals surface area contributed by atoms with Crippen LogP contribution in [-0.2, 0) is 14.8 Å². The molecule has 1 atom stereocenters. The number of nitrogens with one attached hydrogen (secondary N) is 2. The number of amides is 1. The molecule has 0 radical (unpaired) electrons. The fourth-order valence-corrected chi connectivity index (χ4v) is 3.24. The first-order valence-corrected chi connectivity index (χ1v) is 8.10. The number of piperidine rings is 1. The summed E-state index contributed by atoms with van der Waals surface area (Å²) in [5, 5.41) is 2.64. The van der Waals surface area contributed by atoms with Crippen molar-refractivity contribution in [3.63, 3.8) is 0 Å². The van der Waals surface area contributed by atoms with Gasteiger partial charge in [-0.1, -0.05) is 11.8 Å². The first-order valence-electron chi connectivity index (χ1n) is 6.62. The van der Waals surface area contributed by atoms with Crippen LogP contribution in [0.1, 0.15) is 18.4 Å². The van der Waals surface area contributed by atoms with Gasteiger partial charge < -0.3 is 11.1 Å². The lowest BCUT2D eigenvalue weighted by Crippen LogP contribution is -2.50. The molecular formula is C14H17N3O3S. The van der Waals surface area contributed by atoms with Crippen molar-refractivity contribution in [1.29, 1.82) is 0 Å². The number of carbonyl (C=O) groups is 1. The lowest BCUT2D eigenvalue weighted by molar-refractivity contribution is -0.124. The summed E-state index contributed by atoms with van der Waals surface area (Å²) < 4.78 is 26.9. The molecule has 21 heavy (non-hydrogen) atoms. The van der Waals surface area contributed by atoms with Crippen LogP contribution in [0.3, 0.4) is 0 Å². The minimum Gasteiger partial charge on any atom is -0.355 e. The number of sulfonamides is 1. The molecule has 1 aromatic carbocycles. The summed E-state index contributed by atoms with van der Waals surface area (Å²) in [4.78, 5) is 11.7. The first kappa shape index (κ1) is 15.5. The molecule has 1 aliphatic rings. The van der Waals surface area contributed by atoms with Crippen molar-refractivity contribution in [2.45, 2.75) is 23.8 Å². The third kappa shape index (κ3) is 4.04. The Balaban J connectivity index is 2.13. The molecule has 1 aliphatic heterocycles. The highest BCUT2D eigenvalue weighted by Gasteiger charge is 2.27. The first-order chi connectivity index (χ1) is 10.0. The van der Waals surface area contributed by atoms with Crippen molar-refractivity contribution in [3.05, 3.63) is 29.8 Å². The maximum Gasteiger partial charge on any atom is 0.241 e. The molecule has 1 fully saturated rings. The summed E-state index contributed by atoms with van der Waals surface area (Å²) in [5.41, 5.74) is 5.96. The number of benzene rings is 1. The molecule has 6 nitrogen and oxygen atoms in total. The van der Waals surface area contributed by atoms with Gasteiger partial charge in [-0.25, -0.2) is 8.42 Å². The SMILES string of the molecule is NCC#Cc1ccc(S(=O)(=O)NC2CCCNC2=O)cc1. The van der Waals surface area contributed by atoms with Gasteiger partial charge in [-0.05, 0) is 37.1 Å². The average Bonchev–Trinajstić information content (AvgIpc) is 2.48. The van der Waals surface area contributed by atoms with E-state index in [1.54, 1.807) is 12.1 Å². The van der Waals surface area contributed by atoms with Crippen molar-refractivity contribution in [3.8, 4) is 11.8 Å². The molecule has 1 saturated heterocycles. The Morgan fingerprint density at radius 3 is 2.67 bits per heavy atom. The summed E-state index contributed by atoms with van der Waals surface area (Å²) in [6.07, 6.45) is 1.26. The number of carbonyl (C=O) groups excluding carboxylic acids is 1. The molecule has 1 unspecified atom stereocenters. The van der Waals surface area contributed by atoms with E-state index in [-0.39, 0.29) is 17.3 Å². The van der Waals surface area contributed by atoms with Crippen LogP contribution in [-0.4, -0.2) is 33.5 Å². The zero-order valence-electron chi connectivity index (χ0n) is 11.4. The predicted molar refractivity (Wildman–Crippen MR) is 78.7 cm³/mol. The van der Waals surface area contributed by atoms with Gasteiger partial charge in [0.2, 0.25) is 15.9 Å². The molecule has 0 aromatic heterocycles. The van der Waals surface area contributed by atoms with E-state index in [1.165, 1.54) is 12.1 Å². The van der Waals surface area contributed by atoms with Crippen LogP contribution in [0.25, 0.3) is 0 Å². The zero-order chi connectivity index (χ0) is 15.3. The van der Waals surface area contributed by atoms with Crippen molar-refractivity contribution in [1.82, 2.24) is 10.0 Å². The summed E-state index contributed by atoms with van der Waals surface area (Å²) >= 11 is 0. The van der Waals surface area contributed by atoms with E-state index in [2.05, 4.69) is 21.9 Å². The summed E-state index contributed by atoms with van der Waals surface area (Å²) in [7, 11) is -3.71. The van der Waals surface area contributed by atoms with Crippen molar-refractivity contribution >= 4 is 15.9 Å². The lowest BCUT2D eigenvalue weighted by atomic mass is 10.1. The molecule has 0 spiro atoms. The monoisotopic (exact) mass is 307 g/mol. The third-order valence-corrected chi connectivity index (χ3v) is 4.57. The van der Waals surface area contributed by atoms with Gasteiger partial charge in [-0.2, -0.15) is 4.72 Å². The Bertz CT molecular complexity index is 672. The molecule has 0 aliphatic carbocycles. The number of rotatable bonds is 3. The zero-order valence-corrected chi connectivity index (χ0v) is 12.2. The average molecular weight is 307 g/mol. The minimum absolute atomic E-state index is 0.110. The van der Waals surface area contributed by atoms with E-state index in [0.717, 1.165) is 6.42 Å². The molecule has 0 bridgehead atoms. The van der Waals surface area contributed by atoms with E-state index in [9.17, 15) is 13.2 Å². The highest BCUT2D eigenvalue weighted by Crippen LogP contribution is 2.13. The Morgan fingerprint density at radius 2 is 2.05 bits per heavy atom. The highest BCUT2D eigenvalue weighted by molar-refractivity contribution is 7.89. The van der Waals surface area contributed by atoms with Gasteiger partial charge in [0.05, 0.1) is 11.4 Å². The second kappa shape index (κ2) is 6.72. The van der Waals surface area contributed by atoms with Crippen LogP contribution in [0.5, 0.6) is 0 Å². The second-order valence-electron chi connectivity index (χ2n) is 4.64. The summed E-state index contributed by atoms with van der Waals surface area (Å²) in [6.45, 7) is 0.837. The van der Waals surface area contributed by atoms with Gasteiger partial charge in [-0.15, -0.1) is 0 Å². The standard InChI is InChI=1S/C14H17N3O3S/c15-9-1-3-11-5-7-12(8-6-11)21(19,20)17-13-4-2-10-16-14(13)18/h5-8,13,17H,2,4,9-10,15H2,(H,16,18). The second-order valence-corrected chi connectivity index (χ2v) is 6.35. The highest BCUT2D eigenvalue weighted by atomic mass is 32.2. The Morgan fingerprint density at radius 1 is 1.33 bits per heavy atom. The Labute approximate surface area is 124 Å².